The van der Waals surface area contributed by atoms with Crippen molar-refractivity contribution < 1.29 is 4.42 Å². The highest BCUT2D eigenvalue weighted by Crippen LogP contribution is 2.13. The van der Waals surface area contributed by atoms with Crippen LogP contribution in [0.2, 0.25) is 0 Å². The molecule has 0 aliphatic carbocycles. The monoisotopic (exact) mass is 233 g/mol. The molecule has 4 nitrogen and oxygen atoms in total. The molecular weight excluding hydrogens is 214 g/mol. The highest BCUT2D eigenvalue weighted by Gasteiger charge is 2.09. The van der Waals surface area contributed by atoms with Gasteiger partial charge in [0.05, 0.1) is 23.7 Å². The lowest BCUT2D eigenvalue weighted by Gasteiger charge is -2.10. The number of furan rings is 1. The molecule has 17 heavy (non-hydrogen) atoms. The molecular formula is C13H19N3O. The van der Waals surface area contributed by atoms with Crippen LogP contribution in [0.25, 0.3) is 0 Å². The van der Waals surface area contributed by atoms with Crippen LogP contribution in [0.5, 0.6) is 0 Å². The molecule has 0 bridgehead atoms. The van der Waals surface area contributed by atoms with Gasteiger partial charge in [-0.25, -0.2) is 0 Å². The summed E-state index contributed by atoms with van der Waals surface area (Å²) in [7, 11) is 1.98. The maximum atomic E-state index is 5.36. The summed E-state index contributed by atoms with van der Waals surface area (Å²) in [6.07, 6.45) is 2.67. The van der Waals surface area contributed by atoms with Crippen molar-refractivity contribution in [1.82, 2.24) is 15.1 Å². The first-order chi connectivity index (χ1) is 8.20. The van der Waals surface area contributed by atoms with Crippen molar-refractivity contribution in [2.75, 3.05) is 0 Å². The first-order valence-corrected chi connectivity index (χ1v) is 5.99. The van der Waals surface area contributed by atoms with Crippen molar-refractivity contribution in [3.63, 3.8) is 0 Å². The molecule has 0 fully saturated rings. The Balaban J connectivity index is 1.95. The van der Waals surface area contributed by atoms with E-state index in [2.05, 4.69) is 30.3 Å². The SMILES string of the molecule is CCc1cc(CN[C@@H](C)c2ccco2)n(C)n1. The van der Waals surface area contributed by atoms with E-state index in [9.17, 15) is 0 Å². The van der Waals surface area contributed by atoms with Crippen LogP contribution in [0.1, 0.15) is 37.0 Å². The van der Waals surface area contributed by atoms with Crippen LogP contribution in [0, 0.1) is 0 Å². The zero-order valence-electron chi connectivity index (χ0n) is 10.6. The molecule has 0 unspecified atom stereocenters. The predicted molar refractivity (Wildman–Crippen MR) is 66.5 cm³/mol. The van der Waals surface area contributed by atoms with Crippen molar-refractivity contribution in [1.29, 1.82) is 0 Å². The third kappa shape index (κ3) is 2.77. The first kappa shape index (κ1) is 11.9. The largest absolute Gasteiger partial charge is 0.468 e. The molecule has 0 saturated heterocycles. The lowest BCUT2D eigenvalue weighted by molar-refractivity contribution is 0.426. The smallest absolute Gasteiger partial charge is 0.120 e. The standard InChI is InChI=1S/C13H19N3O/c1-4-11-8-12(16(3)15-11)9-14-10(2)13-6-5-7-17-13/h5-8,10,14H,4,9H2,1-3H3/t10-/m0/s1. The second-order valence-corrected chi connectivity index (χ2v) is 4.22. The molecule has 1 N–H and O–H groups in total. The lowest BCUT2D eigenvalue weighted by Crippen LogP contribution is -2.19. The van der Waals surface area contributed by atoms with Gasteiger partial charge in [-0.15, -0.1) is 0 Å². The lowest BCUT2D eigenvalue weighted by atomic mass is 10.2. The molecule has 2 rings (SSSR count). The Morgan fingerprint density at radius 1 is 1.53 bits per heavy atom. The van der Waals surface area contributed by atoms with E-state index >= 15 is 0 Å². The molecule has 0 saturated carbocycles. The van der Waals surface area contributed by atoms with Crippen LogP contribution in [-0.4, -0.2) is 9.78 Å². The van der Waals surface area contributed by atoms with Crippen molar-refractivity contribution in [3.05, 3.63) is 41.6 Å². The van der Waals surface area contributed by atoms with Crippen LogP contribution in [0.4, 0.5) is 0 Å². The number of nitrogens with zero attached hydrogens (tertiary/aromatic N) is 2. The number of hydrogen-bond acceptors (Lipinski definition) is 3. The third-order valence-electron chi connectivity index (χ3n) is 2.95. The molecule has 92 valence electrons. The molecule has 2 aromatic rings. The fourth-order valence-electron chi connectivity index (χ4n) is 1.81. The Bertz CT molecular complexity index is 459. The van der Waals surface area contributed by atoms with Gasteiger partial charge in [0.15, 0.2) is 0 Å². The van der Waals surface area contributed by atoms with Gasteiger partial charge in [-0.3, -0.25) is 4.68 Å². The Kier molecular flexibility index (Phi) is 3.64. The molecule has 0 radical (unpaired) electrons. The van der Waals surface area contributed by atoms with E-state index in [0.29, 0.717) is 0 Å². The summed E-state index contributed by atoms with van der Waals surface area (Å²) in [4.78, 5) is 0. The summed E-state index contributed by atoms with van der Waals surface area (Å²) < 4.78 is 7.29. The molecule has 0 spiro atoms. The van der Waals surface area contributed by atoms with E-state index in [1.165, 1.54) is 5.69 Å². The molecule has 0 aliphatic heterocycles. The summed E-state index contributed by atoms with van der Waals surface area (Å²) in [5.41, 5.74) is 2.33. The fraction of sp³-hybridized carbons (Fsp3) is 0.462. The van der Waals surface area contributed by atoms with E-state index in [1.807, 2.05) is 23.9 Å². The van der Waals surface area contributed by atoms with E-state index in [4.69, 9.17) is 4.42 Å². The second-order valence-electron chi connectivity index (χ2n) is 4.22. The van der Waals surface area contributed by atoms with Crippen LogP contribution in [0.3, 0.4) is 0 Å². The molecule has 4 heteroatoms. The number of aryl methyl sites for hydroxylation is 2. The van der Waals surface area contributed by atoms with Gasteiger partial charge in [0.1, 0.15) is 5.76 Å². The third-order valence-corrected chi connectivity index (χ3v) is 2.95. The maximum Gasteiger partial charge on any atom is 0.120 e. The van der Waals surface area contributed by atoms with Gasteiger partial charge in [-0.2, -0.15) is 5.10 Å². The summed E-state index contributed by atoms with van der Waals surface area (Å²) >= 11 is 0. The topological polar surface area (TPSA) is 43.0 Å². The van der Waals surface area contributed by atoms with Gasteiger partial charge in [-0.1, -0.05) is 6.92 Å². The minimum Gasteiger partial charge on any atom is -0.468 e. The summed E-state index contributed by atoms with van der Waals surface area (Å²) in [6.45, 7) is 5.01. The van der Waals surface area contributed by atoms with Gasteiger partial charge in [-0.05, 0) is 31.5 Å². The van der Waals surface area contributed by atoms with Crippen molar-refractivity contribution in [2.45, 2.75) is 32.9 Å². The van der Waals surface area contributed by atoms with Gasteiger partial charge < -0.3 is 9.73 Å². The van der Waals surface area contributed by atoms with Gasteiger partial charge in [0, 0.05) is 13.6 Å². The molecule has 0 amide bonds. The van der Waals surface area contributed by atoms with Crippen molar-refractivity contribution >= 4 is 0 Å². The minimum atomic E-state index is 0.213. The van der Waals surface area contributed by atoms with Crippen LogP contribution in [-0.2, 0) is 20.0 Å². The van der Waals surface area contributed by atoms with Crippen LogP contribution >= 0.6 is 0 Å². The molecule has 2 heterocycles. The van der Waals surface area contributed by atoms with E-state index < -0.39 is 0 Å². The summed E-state index contributed by atoms with van der Waals surface area (Å²) in [5, 5.41) is 7.85. The van der Waals surface area contributed by atoms with Crippen LogP contribution in [0.15, 0.2) is 28.9 Å². The van der Waals surface area contributed by atoms with E-state index in [1.54, 1.807) is 6.26 Å². The normalized spacial score (nSPS) is 12.9. The zero-order valence-corrected chi connectivity index (χ0v) is 10.6. The highest BCUT2D eigenvalue weighted by atomic mass is 16.3. The summed E-state index contributed by atoms with van der Waals surface area (Å²) in [5.74, 6) is 0.961. The van der Waals surface area contributed by atoms with Crippen molar-refractivity contribution in [3.8, 4) is 0 Å². The van der Waals surface area contributed by atoms with Gasteiger partial charge in [0.25, 0.3) is 0 Å². The summed E-state index contributed by atoms with van der Waals surface area (Å²) in [6, 6.07) is 6.25. The molecule has 0 aliphatic rings. The quantitative estimate of drug-likeness (QED) is 0.862. The maximum absolute atomic E-state index is 5.36. The number of hydrogen-bond donors (Lipinski definition) is 1. The minimum absolute atomic E-state index is 0.213. The van der Waals surface area contributed by atoms with Gasteiger partial charge >= 0.3 is 0 Å². The molecule has 1 atom stereocenters. The van der Waals surface area contributed by atoms with Gasteiger partial charge in [0.2, 0.25) is 0 Å². The zero-order chi connectivity index (χ0) is 12.3. The average molecular weight is 233 g/mol. The second kappa shape index (κ2) is 5.19. The average Bonchev–Trinajstić information content (AvgIpc) is 2.95. The molecule has 2 aromatic heterocycles. The number of aromatic nitrogens is 2. The Morgan fingerprint density at radius 2 is 2.35 bits per heavy atom. The predicted octanol–water partition coefficient (Wildman–Crippen LogP) is 2.43. The highest BCUT2D eigenvalue weighted by molar-refractivity contribution is 5.11. The Morgan fingerprint density at radius 3 is 2.94 bits per heavy atom. The van der Waals surface area contributed by atoms with Crippen molar-refractivity contribution in [2.24, 2.45) is 7.05 Å². The number of nitrogens with one attached hydrogen (secondary N) is 1. The Hall–Kier alpha value is -1.55. The van der Waals surface area contributed by atoms with Crippen LogP contribution < -0.4 is 5.32 Å². The first-order valence-electron chi connectivity index (χ1n) is 5.99. The van der Waals surface area contributed by atoms with E-state index in [-0.39, 0.29) is 6.04 Å². The van der Waals surface area contributed by atoms with E-state index in [0.717, 1.165) is 24.4 Å². The molecule has 0 aromatic carbocycles. The Labute approximate surface area is 102 Å². The number of rotatable bonds is 5. The fourth-order valence-corrected chi connectivity index (χ4v) is 1.81.